The molecule has 94 valence electrons. The molecule has 1 saturated heterocycles. The van der Waals surface area contributed by atoms with Gasteiger partial charge in [0.15, 0.2) is 5.82 Å². The Morgan fingerprint density at radius 2 is 2.00 bits per heavy atom. The molecule has 1 aromatic carbocycles. The molecule has 0 spiro atoms. The molecule has 2 heterocycles. The monoisotopic (exact) mass is 264 g/mol. The number of phenols is 2. The molecule has 0 amide bonds. The molecule has 1 aromatic heterocycles. The van der Waals surface area contributed by atoms with Crippen molar-refractivity contribution >= 4 is 11.8 Å². The van der Waals surface area contributed by atoms with E-state index in [1.165, 1.54) is 24.6 Å². The number of hydrogen-bond donors (Lipinski definition) is 2. The SMILES string of the molecule is Oc1cc(O)cc(-c2nc(C3CCCS3)no2)c1. The smallest absolute Gasteiger partial charge is 0.258 e. The van der Waals surface area contributed by atoms with Crippen LogP contribution in [0.1, 0.15) is 23.9 Å². The van der Waals surface area contributed by atoms with Crippen molar-refractivity contribution in [3.8, 4) is 23.0 Å². The van der Waals surface area contributed by atoms with Gasteiger partial charge >= 0.3 is 0 Å². The van der Waals surface area contributed by atoms with E-state index in [4.69, 9.17) is 4.52 Å². The van der Waals surface area contributed by atoms with Gasteiger partial charge in [-0.3, -0.25) is 0 Å². The van der Waals surface area contributed by atoms with Crippen LogP contribution in [-0.4, -0.2) is 26.1 Å². The second-order valence-electron chi connectivity index (χ2n) is 4.20. The van der Waals surface area contributed by atoms with Gasteiger partial charge in [0.25, 0.3) is 5.89 Å². The van der Waals surface area contributed by atoms with Crippen LogP contribution in [0.5, 0.6) is 11.5 Å². The van der Waals surface area contributed by atoms with Crippen molar-refractivity contribution in [3.63, 3.8) is 0 Å². The maximum absolute atomic E-state index is 9.42. The molecule has 1 aliphatic rings. The Bertz CT molecular complexity index is 544. The highest BCUT2D eigenvalue weighted by Crippen LogP contribution is 2.39. The van der Waals surface area contributed by atoms with Gasteiger partial charge in [0.1, 0.15) is 11.5 Å². The Balaban J connectivity index is 1.92. The highest BCUT2D eigenvalue weighted by Gasteiger charge is 2.23. The predicted molar refractivity (Wildman–Crippen MR) is 67.5 cm³/mol. The highest BCUT2D eigenvalue weighted by atomic mass is 32.2. The first-order valence-corrected chi connectivity index (χ1v) is 6.76. The summed E-state index contributed by atoms with van der Waals surface area (Å²) in [7, 11) is 0. The topological polar surface area (TPSA) is 79.4 Å². The minimum Gasteiger partial charge on any atom is -0.508 e. The second kappa shape index (κ2) is 4.53. The first-order chi connectivity index (χ1) is 8.72. The van der Waals surface area contributed by atoms with Crippen LogP contribution in [0.2, 0.25) is 0 Å². The molecule has 0 saturated carbocycles. The summed E-state index contributed by atoms with van der Waals surface area (Å²) < 4.78 is 5.18. The molecule has 2 aromatic rings. The molecule has 6 heteroatoms. The molecule has 5 nitrogen and oxygen atoms in total. The number of phenolic OH excluding ortho intramolecular Hbond substituents is 2. The van der Waals surface area contributed by atoms with Crippen LogP contribution in [0.3, 0.4) is 0 Å². The van der Waals surface area contributed by atoms with E-state index < -0.39 is 0 Å². The summed E-state index contributed by atoms with van der Waals surface area (Å²) in [4.78, 5) is 4.32. The lowest BCUT2D eigenvalue weighted by molar-refractivity contribution is 0.419. The summed E-state index contributed by atoms with van der Waals surface area (Å²) in [6.07, 6.45) is 2.24. The molecule has 0 bridgehead atoms. The van der Waals surface area contributed by atoms with Crippen molar-refractivity contribution in [2.45, 2.75) is 18.1 Å². The number of aromatic nitrogens is 2. The Hall–Kier alpha value is -1.69. The second-order valence-corrected chi connectivity index (χ2v) is 5.51. The van der Waals surface area contributed by atoms with E-state index in [0.29, 0.717) is 22.5 Å². The van der Waals surface area contributed by atoms with Gasteiger partial charge in [-0.2, -0.15) is 16.7 Å². The number of aromatic hydroxyl groups is 2. The summed E-state index contributed by atoms with van der Waals surface area (Å²) in [5.41, 5.74) is 0.522. The zero-order chi connectivity index (χ0) is 12.5. The largest absolute Gasteiger partial charge is 0.508 e. The third kappa shape index (κ3) is 2.15. The van der Waals surface area contributed by atoms with Crippen molar-refractivity contribution < 1.29 is 14.7 Å². The van der Waals surface area contributed by atoms with Gasteiger partial charge in [0, 0.05) is 11.6 Å². The van der Waals surface area contributed by atoms with Crippen molar-refractivity contribution in [1.29, 1.82) is 0 Å². The van der Waals surface area contributed by atoms with Gasteiger partial charge in [-0.25, -0.2) is 0 Å². The van der Waals surface area contributed by atoms with Gasteiger partial charge in [-0.15, -0.1) is 0 Å². The Labute approximate surface area is 108 Å². The zero-order valence-corrected chi connectivity index (χ0v) is 10.4. The number of thioether (sulfide) groups is 1. The van der Waals surface area contributed by atoms with Crippen LogP contribution >= 0.6 is 11.8 Å². The van der Waals surface area contributed by atoms with Gasteiger partial charge in [-0.05, 0) is 30.7 Å². The minimum atomic E-state index is -0.0278. The van der Waals surface area contributed by atoms with E-state index in [0.717, 1.165) is 12.2 Å². The Morgan fingerprint density at radius 3 is 2.67 bits per heavy atom. The first-order valence-electron chi connectivity index (χ1n) is 5.71. The molecular weight excluding hydrogens is 252 g/mol. The fourth-order valence-electron chi connectivity index (χ4n) is 1.98. The van der Waals surface area contributed by atoms with Crippen molar-refractivity contribution in [2.75, 3.05) is 5.75 Å². The third-order valence-electron chi connectivity index (χ3n) is 2.81. The van der Waals surface area contributed by atoms with Crippen LogP contribution < -0.4 is 0 Å². The van der Waals surface area contributed by atoms with Crippen molar-refractivity contribution in [2.24, 2.45) is 0 Å². The van der Waals surface area contributed by atoms with Gasteiger partial charge in [-0.1, -0.05) is 5.16 Å². The first kappa shape index (κ1) is 11.4. The summed E-state index contributed by atoms with van der Waals surface area (Å²) in [5, 5.41) is 23.1. The normalized spacial score (nSPS) is 19.2. The van der Waals surface area contributed by atoms with Gasteiger partial charge in [0.2, 0.25) is 0 Å². The number of nitrogens with zero attached hydrogens (tertiary/aromatic N) is 2. The van der Waals surface area contributed by atoms with Gasteiger partial charge < -0.3 is 14.7 Å². The fraction of sp³-hybridized carbons (Fsp3) is 0.333. The quantitative estimate of drug-likeness (QED) is 0.868. The average molecular weight is 264 g/mol. The van der Waals surface area contributed by atoms with E-state index in [1.807, 2.05) is 11.8 Å². The Morgan fingerprint density at radius 1 is 1.22 bits per heavy atom. The predicted octanol–water partition coefficient (Wildman–Crippen LogP) is 2.72. The maximum atomic E-state index is 9.42. The zero-order valence-electron chi connectivity index (χ0n) is 9.54. The summed E-state index contributed by atoms with van der Waals surface area (Å²) in [6, 6.07) is 4.23. The lowest BCUT2D eigenvalue weighted by atomic mass is 10.2. The highest BCUT2D eigenvalue weighted by molar-refractivity contribution is 7.99. The summed E-state index contributed by atoms with van der Waals surface area (Å²) >= 11 is 1.83. The number of hydrogen-bond acceptors (Lipinski definition) is 6. The molecule has 1 fully saturated rings. The lowest BCUT2D eigenvalue weighted by Crippen LogP contribution is -1.91. The van der Waals surface area contributed by atoms with Crippen LogP contribution in [-0.2, 0) is 0 Å². The molecule has 3 rings (SSSR count). The maximum Gasteiger partial charge on any atom is 0.258 e. The lowest BCUT2D eigenvalue weighted by Gasteiger charge is -1.99. The Kier molecular flexibility index (Phi) is 2.87. The van der Waals surface area contributed by atoms with Crippen LogP contribution in [0.15, 0.2) is 22.7 Å². The molecular formula is C12H12N2O3S. The van der Waals surface area contributed by atoms with Crippen molar-refractivity contribution in [1.82, 2.24) is 10.1 Å². The molecule has 1 unspecified atom stereocenters. The summed E-state index contributed by atoms with van der Waals surface area (Å²) in [5.74, 6) is 2.08. The van der Waals surface area contributed by atoms with Crippen molar-refractivity contribution in [3.05, 3.63) is 24.0 Å². The van der Waals surface area contributed by atoms with E-state index in [2.05, 4.69) is 10.1 Å². The molecule has 1 atom stereocenters. The molecule has 18 heavy (non-hydrogen) atoms. The third-order valence-corrected chi connectivity index (χ3v) is 4.18. The molecule has 0 aliphatic carbocycles. The fourth-order valence-corrected chi connectivity index (χ4v) is 3.18. The van der Waals surface area contributed by atoms with Crippen LogP contribution in [0.25, 0.3) is 11.5 Å². The van der Waals surface area contributed by atoms with Crippen LogP contribution in [0, 0.1) is 0 Å². The van der Waals surface area contributed by atoms with E-state index in [1.54, 1.807) is 0 Å². The standard InChI is InChI=1S/C12H12N2O3S/c15-8-4-7(5-9(16)6-8)12-13-11(14-17-12)10-2-1-3-18-10/h4-6,10,15-16H,1-3H2. The van der Waals surface area contributed by atoms with Crippen LogP contribution in [0.4, 0.5) is 0 Å². The molecule has 0 radical (unpaired) electrons. The number of benzene rings is 1. The van der Waals surface area contributed by atoms with E-state index >= 15 is 0 Å². The van der Waals surface area contributed by atoms with E-state index in [-0.39, 0.29) is 11.5 Å². The molecule has 1 aliphatic heterocycles. The molecule has 2 N–H and O–H groups in total. The van der Waals surface area contributed by atoms with E-state index in [9.17, 15) is 10.2 Å². The van der Waals surface area contributed by atoms with Gasteiger partial charge in [0.05, 0.1) is 5.25 Å². The average Bonchev–Trinajstić information content (AvgIpc) is 2.99. The summed E-state index contributed by atoms with van der Waals surface area (Å²) in [6.45, 7) is 0. The number of rotatable bonds is 2. The minimum absolute atomic E-state index is 0.0278.